The molecule has 0 radical (unpaired) electrons. The van der Waals surface area contributed by atoms with E-state index in [2.05, 4.69) is 16.0 Å². The van der Waals surface area contributed by atoms with Crippen LogP contribution in [0.25, 0.3) is 0 Å². The lowest BCUT2D eigenvalue weighted by Crippen LogP contribution is -2.54. The van der Waals surface area contributed by atoms with Crippen molar-refractivity contribution in [3.8, 4) is 11.5 Å². The van der Waals surface area contributed by atoms with Gasteiger partial charge in [-0.3, -0.25) is 24.0 Å². The average Bonchev–Trinajstić information content (AvgIpc) is 2.85. The van der Waals surface area contributed by atoms with Crippen molar-refractivity contribution in [3.63, 3.8) is 0 Å². The molecule has 3 atom stereocenters. The van der Waals surface area contributed by atoms with Crippen LogP contribution < -0.4 is 27.4 Å². The topological polar surface area (TPSA) is 292 Å². The van der Waals surface area contributed by atoms with E-state index >= 15 is 0 Å². The molecule has 0 aliphatic carbocycles. The maximum absolute atomic E-state index is 12.5. The van der Waals surface area contributed by atoms with Gasteiger partial charge in [0.2, 0.25) is 17.7 Å². The minimum Gasteiger partial charge on any atom is -0.504 e. The first-order chi connectivity index (χ1) is 18.6. The molecule has 0 aromatic heterocycles. The Morgan fingerprint density at radius 2 is 1.68 bits per heavy atom. The third-order valence-corrected chi connectivity index (χ3v) is 6.52. The molecule has 12 N–H and O–H groups in total. The quantitative estimate of drug-likeness (QED) is 0.0691. The average molecular weight is 588 g/mol. The van der Waals surface area contributed by atoms with Crippen LogP contribution in [0.5, 0.6) is 11.5 Å². The van der Waals surface area contributed by atoms with E-state index in [9.17, 15) is 44.1 Å². The van der Waals surface area contributed by atoms with Crippen molar-refractivity contribution in [2.75, 3.05) is 18.8 Å². The Hall–Kier alpha value is -4.09. The molecule has 0 saturated heterocycles. The van der Waals surface area contributed by atoms with Gasteiger partial charge in [0.1, 0.15) is 24.2 Å². The number of hydrogen-bond acceptors (Lipinski definition) is 11. The molecule has 0 fully saturated rings. The van der Waals surface area contributed by atoms with Crippen LogP contribution in [0.1, 0.15) is 31.7 Å². The van der Waals surface area contributed by atoms with Crippen molar-refractivity contribution >= 4 is 47.4 Å². The number of hydrogen-bond donors (Lipinski definition) is 10. The summed E-state index contributed by atoms with van der Waals surface area (Å²) in [6, 6.07) is -0.266. The fourth-order valence-corrected chi connectivity index (χ4v) is 4.32. The first-order valence-corrected chi connectivity index (χ1v) is 12.8. The van der Waals surface area contributed by atoms with Gasteiger partial charge >= 0.3 is 17.9 Å². The maximum atomic E-state index is 12.5. The van der Waals surface area contributed by atoms with Gasteiger partial charge in [-0.05, 0) is 31.0 Å². The van der Waals surface area contributed by atoms with Crippen LogP contribution in [-0.2, 0) is 35.2 Å². The van der Waals surface area contributed by atoms with Crippen molar-refractivity contribution in [2.45, 2.75) is 55.1 Å². The Balaban J connectivity index is 3.14. The number of benzene rings is 1. The van der Waals surface area contributed by atoms with Crippen LogP contribution in [0.3, 0.4) is 0 Å². The summed E-state index contributed by atoms with van der Waals surface area (Å²) < 4.78 is 0. The van der Waals surface area contributed by atoms with Gasteiger partial charge in [-0.15, -0.1) is 11.8 Å². The summed E-state index contributed by atoms with van der Waals surface area (Å²) in [6.45, 7) is 0.479. The molecule has 0 spiro atoms. The molecule has 0 aliphatic rings. The van der Waals surface area contributed by atoms with E-state index in [1.807, 2.05) is 0 Å². The molecular weight excluding hydrogens is 554 g/mol. The predicted octanol–water partition coefficient (Wildman–Crippen LogP) is -2.08. The number of carboxylic acids is 3. The van der Waals surface area contributed by atoms with Crippen LogP contribution in [-0.4, -0.2) is 97.6 Å². The van der Waals surface area contributed by atoms with Gasteiger partial charge < -0.3 is 53.0 Å². The third-order valence-electron chi connectivity index (χ3n) is 5.40. The van der Waals surface area contributed by atoms with E-state index in [1.54, 1.807) is 0 Å². The molecule has 40 heavy (non-hydrogen) atoms. The van der Waals surface area contributed by atoms with Gasteiger partial charge in [0.25, 0.3) is 0 Å². The number of nitrogens with one attached hydrogen (secondary N) is 3. The molecule has 1 rings (SSSR count). The van der Waals surface area contributed by atoms with Crippen LogP contribution in [0.15, 0.2) is 17.0 Å². The first-order valence-electron chi connectivity index (χ1n) is 11.8. The fraction of sp³-hybridized carbons (Fsp3) is 0.478. The molecule has 0 saturated carbocycles. The summed E-state index contributed by atoms with van der Waals surface area (Å²) in [5.41, 5.74) is 9.09. The summed E-state index contributed by atoms with van der Waals surface area (Å²) >= 11 is 0.771. The summed E-state index contributed by atoms with van der Waals surface area (Å²) in [5.74, 6) is -7.84. The van der Waals surface area contributed by atoms with E-state index in [0.29, 0.717) is 0 Å². The smallest absolute Gasteiger partial charge is 0.329 e. The Morgan fingerprint density at radius 3 is 2.23 bits per heavy atom. The Labute approximate surface area is 232 Å². The lowest BCUT2D eigenvalue weighted by molar-refractivity contribution is -0.146. The van der Waals surface area contributed by atoms with Crippen molar-refractivity contribution < 1.29 is 54.3 Å². The van der Waals surface area contributed by atoms with Crippen LogP contribution >= 0.6 is 11.8 Å². The fourth-order valence-electron chi connectivity index (χ4n) is 3.26. The molecule has 1 aromatic carbocycles. The van der Waals surface area contributed by atoms with E-state index < -0.39 is 71.3 Å². The van der Waals surface area contributed by atoms with E-state index in [0.717, 1.165) is 17.8 Å². The lowest BCUT2D eigenvalue weighted by Gasteiger charge is -2.27. The number of nitrogens with two attached hydrogens (primary N) is 2. The van der Waals surface area contributed by atoms with Gasteiger partial charge in [0.05, 0.1) is 4.90 Å². The summed E-state index contributed by atoms with van der Waals surface area (Å²) in [7, 11) is 0. The second kappa shape index (κ2) is 15.5. The minimum atomic E-state index is -1.80. The number of thioether (sulfide) groups is 1. The Kier molecular flexibility index (Phi) is 13.1. The lowest BCUT2D eigenvalue weighted by atomic mass is 9.92. The zero-order chi connectivity index (χ0) is 30.6. The van der Waals surface area contributed by atoms with Crippen LogP contribution in [0.4, 0.5) is 0 Å². The van der Waals surface area contributed by atoms with E-state index in [1.165, 1.54) is 13.0 Å². The van der Waals surface area contributed by atoms with Crippen molar-refractivity contribution in [3.05, 3.63) is 17.7 Å². The minimum absolute atomic E-state index is 0.00751. The molecule has 1 aromatic rings. The number of aliphatic carboxylic acids is 3. The summed E-state index contributed by atoms with van der Waals surface area (Å²) in [6.07, 6.45) is -1.03. The van der Waals surface area contributed by atoms with Crippen LogP contribution in [0.2, 0.25) is 0 Å². The number of carboxylic acid groups (broad SMARTS) is 3. The first kappa shape index (κ1) is 33.9. The van der Waals surface area contributed by atoms with Gasteiger partial charge in [0.15, 0.2) is 11.5 Å². The second-order valence-corrected chi connectivity index (χ2v) is 9.95. The highest BCUT2D eigenvalue weighted by Crippen LogP contribution is 2.38. The highest BCUT2D eigenvalue weighted by atomic mass is 32.2. The Bertz CT molecular complexity index is 1130. The zero-order valence-corrected chi connectivity index (χ0v) is 22.3. The molecule has 0 unspecified atom stereocenters. The summed E-state index contributed by atoms with van der Waals surface area (Å²) in [5, 5.41) is 54.8. The second-order valence-electron chi connectivity index (χ2n) is 8.89. The summed E-state index contributed by atoms with van der Waals surface area (Å²) in [4.78, 5) is 70.4. The van der Waals surface area contributed by atoms with Crippen molar-refractivity contribution in [1.82, 2.24) is 16.0 Å². The maximum Gasteiger partial charge on any atom is 0.329 e. The molecule has 16 nitrogen and oxygen atoms in total. The number of carbonyl (C=O) groups excluding carboxylic acids is 3. The molecular formula is C23H33N5O11S. The van der Waals surface area contributed by atoms with Crippen LogP contribution in [0, 0.1) is 0 Å². The number of aromatic hydroxyl groups is 2. The molecule has 222 valence electrons. The number of rotatable bonds is 17. The molecule has 0 heterocycles. The number of phenols is 2. The van der Waals surface area contributed by atoms with Gasteiger partial charge in [-0.2, -0.15) is 0 Å². The van der Waals surface area contributed by atoms with Crippen molar-refractivity contribution in [1.29, 1.82) is 0 Å². The Morgan fingerprint density at radius 1 is 1.02 bits per heavy atom. The zero-order valence-electron chi connectivity index (χ0n) is 21.5. The monoisotopic (exact) mass is 587 g/mol. The number of amides is 3. The van der Waals surface area contributed by atoms with Gasteiger partial charge in [-0.25, -0.2) is 4.79 Å². The van der Waals surface area contributed by atoms with Crippen molar-refractivity contribution in [2.24, 2.45) is 11.5 Å². The third kappa shape index (κ3) is 11.0. The normalized spacial score (nSPS) is 13.8. The van der Waals surface area contributed by atoms with Gasteiger partial charge in [0, 0.05) is 31.6 Å². The standard InChI is InChI=1S/C23H33N5O11S/c1-23(22(38)39,28-17(31)4-5-24)8-11-6-14(29)19(34)15(7-11)40-10-13(20(35)26-9-18(32)33)27-16(30)3-2-12(25)21(36)37/h6-7,12-13,29,34H,2-5,8-10,24-25H2,1H3,(H,26,35)(H,27,30)(H,28,31)(H,32,33)(H,36,37)(H,38,39)/t12-,13-,23-/m0/s1. The molecule has 0 aliphatic heterocycles. The predicted molar refractivity (Wildman–Crippen MR) is 139 cm³/mol. The number of carbonyl (C=O) groups is 6. The van der Waals surface area contributed by atoms with E-state index in [-0.39, 0.29) is 48.4 Å². The highest BCUT2D eigenvalue weighted by Gasteiger charge is 2.35. The molecule has 0 bridgehead atoms. The van der Waals surface area contributed by atoms with Gasteiger partial charge in [-0.1, -0.05) is 0 Å². The van der Waals surface area contributed by atoms with E-state index in [4.69, 9.17) is 21.7 Å². The molecule has 17 heteroatoms. The largest absolute Gasteiger partial charge is 0.504 e. The molecule has 3 amide bonds. The number of phenolic OH excluding ortho intramolecular Hbond substituents is 2. The highest BCUT2D eigenvalue weighted by molar-refractivity contribution is 7.99. The SMILES string of the molecule is C[C@@](Cc1cc(O)c(O)c(SC[C@H](NC(=O)CC[C@H](N)C(=O)O)C(=O)NCC(=O)O)c1)(NC(=O)CCN)C(=O)O.